The van der Waals surface area contributed by atoms with E-state index in [1.54, 1.807) is 0 Å². The van der Waals surface area contributed by atoms with Gasteiger partial charge in [-0.05, 0) is 62.4 Å². The summed E-state index contributed by atoms with van der Waals surface area (Å²) in [5.41, 5.74) is 2.65. The molecule has 1 aromatic carbocycles. The molecule has 0 radical (unpaired) electrons. The van der Waals surface area contributed by atoms with E-state index in [4.69, 9.17) is 11.6 Å². The molecule has 21 heavy (non-hydrogen) atoms. The molecule has 0 heterocycles. The minimum absolute atomic E-state index is 0.0694. The molecule has 1 aliphatic carbocycles. The van der Waals surface area contributed by atoms with Gasteiger partial charge < -0.3 is 10.0 Å². The van der Waals surface area contributed by atoms with E-state index < -0.39 is 0 Å². The summed E-state index contributed by atoms with van der Waals surface area (Å²) in [4.78, 5) is 1.91. The van der Waals surface area contributed by atoms with Crippen LogP contribution < -0.4 is 5.11 Å². The fourth-order valence-corrected chi connectivity index (χ4v) is 2.91. The average molecular weight is 303 g/mol. The quantitative estimate of drug-likeness (QED) is 0.786. The molecule has 0 bridgehead atoms. The molecule has 0 fully saturated rings. The highest BCUT2D eigenvalue weighted by Gasteiger charge is 2.17. The maximum absolute atomic E-state index is 12.9. The SMILES string of the molecule is CC(C)N(/C([O-])=C1\C=CC=C1c1cccc(Cl)c1)C(C)C. The molecular weight excluding hydrogens is 282 g/mol. The summed E-state index contributed by atoms with van der Waals surface area (Å²) >= 11 is 6.06. The van der Waals surface area contributed by atoms with Crippen molar-refractivity contribution >= 4 is 17.2 Å². The first-order valence-corrected chi connectivity index (χ1v) is 7.64. The summed E-state index contributed by atoms with van der Waals surface area (Å²) in [5, 5.41) is 13.5. The first-order chi connectivity index (χ1) is 9.91. The Balaban J connectivity index is 2.45. The van der Waals surface area contributed by atoms with Gasteiger partial charge in [0.05, 0.1) is 0 Å². The lowest BCUT2D eigenvalue weighted by Gasteiger charge is -2.40. The lowest BCUT2D eigenvalue weighted by atomic mass is 10.0. The van der Waals surface area contributed by atoms with Crippen LogP contribution >= 0.6 is 11.6 Å². The van der Waals surface area contributed by atoms with Crippen molar-refractivity contribution in [3.63, 3.8) is 0 Å². The molecular formula is C18H21ClNO-. The van der Waals surface area contributed by atoms with Crippen molar-refractivity contribution in [3.05, 3.63) is 64.5 Å². The van der Waals surface area contributed by atoms with E-state index in [9.17, 15) is 5.11 Å². The molecule has 0 aromatic heterocycles. The third-order valence-corrected chi connectivity index (χ3v) is 3.76. The van der Waals surface area contributed by atoms with Gasteiger partial charge in [-0.1, -0.05) is 42.0 Å². The van der Waals surface area contributed by atoms with Crippen LogP contribution in [-0.4, -0.2) is 17.0 Å². The zero-order valence-corrected chi connectivity index (χ0v) is 13.7. The van der Waals surface area contributed by atoms with Crippen LogP contribution in [0.4, 0.5) is 0 Å². The summed E-state index contributed by atoms with van der Waals surface area (Å²) in [6, 6.07) is 7.95. The van der Waals surface area contributed by atoms with Crippen molar-refractivity contribution in [2.45, 2.75) is 39.8 Å². The van der Waals surface area contributed by atoms with Crippen molar-refractivity contribution in [1.29, 1.82) is 0 Å². The Labute approximate surface area is 132 Å². The van der Waals surface area contributed by atoms with Crippen LogP contribution in [0.15, 0.2) is 53.9 Å². The highest BCUT2D eigenvalue weighted by molar-refractivity contribution is 6.30. The van der Waals surface area contributed by atoms with Crippen molar-refractivity contribution in [1.82, 2.24) is 4.90 Å². The number of allylic oxidation sites excluding steroid dienone is 5. The van der Waals surface area contributed by atoms with Crippen molar-refractivity contribution in [2.75, 3.05) is 0 Å². The molecule has 0 saturated heterocycles. The molecule has 3 heteroatoms. The van der Waals surface area contributed by atoms with E-state index in [0.29, 0.717) is 5.02 Å². The number of halogens is 1. The molecule has 2 rings (SSSR count). The second kappa shape index (κ2) is 6.40. The number of nitrogens with zero attached hydrogens (tertiary/aromatic N) is 1. The van der Waals surface area contributed by atoms with Crippen LogP contribution in [0.5, 0.6) is 0 Å². The first kappa shape index (κ1) is 15.7. The van der Waals surface area contributed by atoms with Crippen LogP contribution in [0.2, 0.25) is 5.02 Å². The summed E-state index contributed by atoms with van der Waals surface area (Å²) in [5.74, 6) is 0.0694. The van der Waals surface area contributed by atoms with Gasteiger partial charge in [0, 0.05) is 17.1 Å². The Morgan fingerprint density at radius 1 is 1.14 bits per heavy atom. The molecule has 0 N–H and O–H groups in total. The highest BCUT2D eigenvalue weighted by Crippen LogP contribution is 2.32. The largest absolute Gasteiger partial charge is 0.860 e. The second-order valence-electron chi connectivity index (χ2n) is 5.76. The summed E-state index contributed by atoms with van der Waals surface area (Å²) in [7, 11) is 0. The first-order valence-electron chi connectivity index (χ1n) is 7.26. The maximum Gasteiger partial charge on any atom is 0.0412 e. The Kier molecular flexibility index (Phi) is 4.79. The van der Waals surface area contributed by atoms with Gasteiger partial charge in [0.15, 0.2) is 0 Å². The minimum Gasteiger partial charge on any atom is -0.860 e. The van der Waals surface area contributed by atoms with E-state index in [2.05, 4.69) is 0 Å². The molecule has 0 aliphatic heterocycles. The Morgan fingerprint density at radius 3 is 2.38 bits per heavy atom. The monoisotopic (exact) mass is 302 g/mol. The summed E-state index contributed by atoms with van der Waals surface area (Å²) in [6.45, 7) is 8.17. The maximum atomic E-state index is 12.9. The number of benzene rings is 1. The van der Waals surface area contributed by atoms with Crippen LogP contribution in [0, 0.1) is 0 Å². The molecule has 2 nitrogen and oxygen atoms in total. The number of rotatable bonds is 4. The van der Waals surface area contributed by atoms with E-state index in [1.165, 1.54) is 0 Å². The second-order valence-corrected chi connectivity index (χ2v) is 6.20. The van der Waals surface area contributed by atoms with Gasteiger partial charge in [0.2, 0.25) is 0 Å². The van der Waals surface area contributed by atoms with Gasteiger partial charge in [-0.15, -0.1) is 0 Å². The van der Waals surface area contributed by atoms with E-state index in [1.807, 2.05) is 75.1 Å². The fraction of sp³-hybridized carbons (Fsp3) is 0.333. The van der Waals surface area contributed by atoms with Crippen molar-refractivity contribution < 1.29 is 5.11 Å². The third kappa shape index (κ3) is 3.33. The Hall–Kier alpha value is -1.67. The molecule has 1 aliphatic rings. The fourth-order valence-electron chi connectivity index (χ4n) is 2.72. The van der Waals surface area contributed by atoms with Gasteiger partial charge in [-0.2, -0.15) is 0 Å². The van der Waals surface area contributed by atoms with E-state index in [0.717, 1.165) is 16.7 Å². The van der Waals surface area contributed by atoms with Crippen LogP contribution in [-0.2, 0) is 0 Å². The minimum atomic E-state index is 0.0694. The summed E-state index contributed by atoms with van der Waals surface area (Å²) < 4.78 is 0. The molecule has 0 unspecified atom stereocenters. The van der Waals surface area contributed by atoms with Gasteiger partial charge in [-0.3, -0.25) is 0 Å². The standard InChI is InChI=1S/C18H22ClNO/c1-12(2)20(13(3)4)18(21)17-10-6-9-16(17)14-7-5-8-15(19)11-14/h5-13,21H,1-4H3/p-1/b18-17-. The smallest absolute Gasteiger partial charge is 0.0412 e. The van der Waals surface area contributed by atoms with Crippen LogP contribution in [0.3, 0.4) is 0 Å². The zero-order valence-electron chi connectivity index (χ0n) is 12.9. The van der Waals surface area contributed by atoms with Crippen LogP contribution in [0.1, 0.15) is 33.3 Å². The van der Waals surface area contributed by atoms with Gasteiger partial charge in [-0.25, -0.2) is 0 Å². The molecule has 0 spiro atoms. The number of hydrogen-bond acceptors (Lipinski definition) is 2. The average Bonchev–Trinajstić information content (AvgIpc) is 2.86. The van der Waals surface area contributed by atoms with Gasteiger partial charge in [0.25, 0.3) is 0 Å². The summed E-state index contributed by atoms with van der Waals surface area (Å²) in [6.07, 6.45) is 5.77. The Bertz CT molecular complexity index is 603. The predicted octanol–water partition coefficient (Wildman–Crippen LogP) is 3.98. The molecule has 0 atom stereocenters. The Morgan fingerprint density at radius 2 is 1.81 bits per heavy atom. The molecule has 0 amide bonds. The molecule has 0 saturated carbocycles. The van der Waals surface area contributed by atoms with Gasteiger partial charge in [0.1, 0.15) is 0 Å². The number of hydrogen-bond donors (Lipinski definition) is 0. The third-order valence-electron chi connectivity index (χ3n) is 3.53. The normalized spacial score (nSPS) is 16.6. The van der Waals surface area contributed by atoms with Crippen LogP contribution in [0.25, 0.3) is 5.57 Å². The lowest BCUT2D eigenvalue weighted by Crippen LogP contribution is -2.41. The molecule has 1 aromatic rings. The van der Waals surface area contributed by atoms with Crippen molar-refractivity contribution in [2.24, 2.45) is 0 Å². The van der Waals surface area contributed by atoms with Gasteiger partial charge >= 0.3 is 0 Å². The molecule has 112 valence electrons. The predicted molar refractivity (Wildman–Crippen MR) is 87.7 cm³/mol. The topological polar surface area (TPSA) is 26.3 Å². The zero-order chi connectivity index (χ0) is 15.6. The van der Waals surface area contributed by atoms with E-state index in [-0.39, 0.29) is 18.0 Å². The van der Waals surface area contributed by atoms with Crippen molar-refractivity contribution in [3.8, 4) is 0 Å². The lowest BCUT2D eigenvalue weighted by molar-refractivity contribution is -0.338. The highest BCUT2D eigenvalue weighted by atomic mass is 35.5. The van der Waals surface area contributed by atoms with E-state index >= 15 is 0 Å².